The van der Waals surface area contributed by atoms with Crippen LogP contribution in [0.5, 0.6) is 0 Å². The van der Waals surface area contributed by atoms with E-state index in [1.807, 2.05) is 11.8 Å². The van der Waals surface area contributed by atoms with Crippen LogP contribution in [0.15, 0.2) is 24.3 Å². The second-order valence-corrected chi connectivity index (χ2v) is 8.31. The second kappa shape index (κ2) is 5.25. The molecule has 4 fully saturated rings. The summed E-state index contributed by atoms with van der Waals surface area (Å²) >= 11 is 0. The Morgan fingerprint density at radius 3 is 2.17 bits per heavy atom. The molecule has 7 heteroatoms. The third-order valence-electron chi connectivity index (χ3n) is 6.72. The van der Waals surface area contributed by atoms with Gasteiger partial charge in [0.25, 0.3) is 11.9 Å². The van der Waals surface area contributed by atoms with Gasteiger partial charge < -0.3 is 29.2 Å². The average molecular weight is 335 g/mol. The summed E-state index contributed by atoms with van der Waals surface area (Å²) in [5.74, 6) is 1.37. The molecule has 0 spiro atoms. The molecule has 132 valence electrons. The van der Waals surface area contributed by atoms with Crippen LogP contribution in [-0.4, -0.2) is 40.4 Å². The molecule has 1 saturated heterocycles. The first kappa shape index (κ1) is 16.0. The van der Waals surface area contributed by atoms with E-state index in [0.717, 1.165) is 6.42 Å². The molecular formula is C17H26BNO5. The lowest BCUT2D eigenvalue weighted by Crippen LogP contribution is -2.59. The van der Waals surface area contributed by atoms with Crippen molar-refractivity contribution in [2.45, 2.75) is 58.7 Å². The zero-order valence-electron chi connectivity index (χ0n) is 14.7. The summed E-state index contributed by atoms with van der Waals surface area (Å²) < 4.78 is 16.1. The molecule has 2 bridgehead atoms. The first-order valence-corrected chi connectivity index (χ1v) is 8.85. The highest BCUT2D eigenvalue weighted by molar-refractivity contribution is 6.47. The number of hydrogen-bond acceptors (Lipinski definition) is 6. The normalized spacial score (nSPS) is 47.7. The van der Waals surface area contributed by atoms with Gasteiger partial charge in [0.15, 0.2) is 0 Å². The SMILES string of the molecule is C[C@@H]1OC1B1O/C(O)=C\N(C2CC3C[C@H]([C@H]2C)C3(C)C)/C=C(/O)O1. The van der Waals surface area contributed by atoms with E-state index in [-0.39, 0.29) is 30.0 Å². The van der Waals surface area contributed by atoms with Gasteiger partial charge in [-0.1, -0.05) is 20.8 Å². The van der Waals surface area contributed by atoms with Gasteiger partial charge in [0.05, 0.1) is 18.5 Å². The predicted octanol–water partition coefficient (Wildman–Crippen LogP) is 2.93. The van der Waals surface area contributed by atoms with E-state index in [9.17, 15) is 10.2 Å². The van der Waals surface area contributed by atoms with Crippen LogP contribution in [0.4, 0.5) is 0 Å². The monoisotopic (exact) mass is 335 g/mol. The number of epoxide rings is 1. The molecule has 24 heavy (non-hydrogen) atoms. The number of fused-ring (bicyclic) bond motifs is 2. The third kappa shape index (κ3) is 2.44. The van der Waals surface area contributed by atoms with Crippen molar-refractivity contribution in [1.29, 1.82) is 0 Å². The summed E-state index contributed by atoms with van der Waals surface area (Å²) in [6.45, 7) is 8.84. The second-order valence-electron chi connectivity index (χ2n) is 8.31. The molecule has 0 aromatic heterocycles. The van der Waals surface area contributed by atoms with Gasteiger partial charge in [0.2, 0.25) is 0 Å². The van der Waals surface area contributed by atoms with Gasteiger partial charge in [-0.25, -0.2) is 0 Å². The van der Waals surface area contributed by atoms with Crippen molar-refractivity contribution < 1.29 is 24.3 Å². The number of aliphatic hydroxyl groups is 2. The van der Waals surface area contributed by atoms with Crippen molar-refractivity contribution >= 4 is 7.12 Å². The summed E-state index contributed by atoms with van der Waals surface area (Å²) in [7, 11) is -0.828. The fourth-order valence-electron chi connectivity index (χ4n) is 4.94. The van der Waals surface area contributed by atoms with Crippen LogP contribution in [0.1, 0.15) is 40.5 Å². The van der Waals surface area contributed by atoms with Gasteiger partial charge in [-0.05, 0) is 42.9 Å². The topological polar surface area (TPSA) is 74.7 Å². The maximum Gasteiger partial charge on any atom is 0.632 e. The number of rotatable bonds is 2. The van der Waals surface area contributed by atoms with Crippen LogP contribution in [0.25, 0.3) is 0 Å². The lowest BCUT2D eigenvalue weighted by Gasteiger charge is -2.63. The van der Waals surface area contributed by atoms with Crippen molar-refractivity contribution in [3.05, 3.63) is 24.3 Å². The minimum absolute atomic E-state index is 0.00107. The van der Waals surface area contributed by atoms with Crippen LogP contribution >= 0.6 is 0 Å². The molecule has 0 amide bonds. The highest BCUT2D eigenvalue weighted by Crippen LogP contribution is 2.62. The fourth-order valence-corrected chi connectivity index (χ4v) is 4.94. The van der Waals surface area contributed by atoms with Gasteiger partial charge in [0.1, 0.15) is 6.00 Å². The number of aliphatic hydroxyl groups excluding tert-OH is 2. The average Bonchev–Trinajstić information content (AvgIpc) is 3.20. The highest BCUT2D eigenvalue weighted by Gasteiger charge is 2.57. The van der Waals surface area contributed by atoms with E-state index in [4.69, 9.17) is 14.0 Å². The van der Waals surface area contributed by atoms with Gasteiger partial charge >= 0.3 is 7.12 Å². The Morgan fingerprint density at radius 1 is 1.12 bits per heavy atom. The van der Waals surface area contributed by atoms with E-state index in [1.165, 1.54) is 6.42 Å². The van der Waals surface area contributed by atoms with Crippen LogP contribution in [0, 0.1) is 23.2 Å². The van der Waals surface area contributed by atoms with Crippen LogP contribution in [-0.2, 0) is 14.0 Å². The van der Waals surface area contributed by atoms with E-state index >= 15 is 0 Å². The quantitative estimate of drug-likeness (QED) is 0.597. The number of hydrogen-bond donors (Lipinski definition) is 2. The molecule has 2 N–H and O–H groups in total. The first-order valence-electron chi connectivity index (χ1n) is 8.85. The molecule has 0 radical (unpaired) electrons. The van der Waals surface area contributed by atoms with E-state index in [2.05, 4.69) is 20.8 Å². The van der Waals surface area contributed by atoms with Gasteiger partial charge in [0, 0.05) is 6.04 Å². The molecule has 0 aromatic rings. The van der Waals surface area contributed by atoms with E-state index in [0.29, 0.717) is 23.2 Å². The molecular weight excluding hydrogens is 309 g/mol. The molecule has 2 aliphatic heterocycles. The zero-order chi connectivity index (χ0) is 17.2. The lowest BCUT2D eigenvalue weighted by molar-refractivity contribution is -0.128. The van der Waals surface area contributed by atoms with Crippen LogP contribution in [0.3, 0.4) is 0 Å². The summed E-state index contributed by atoms with van der Waals surface area (Å²) in [5, 5.41) is 20.3. The molecule has 5 rings (SSSR count). The van der Waals surface area contributed by atoms with Crippen molar-refractivity contribution in [3.8, 4) is 0 Å². The Hall–Kier alpha value is -1.50. The van der Waals surface area contributed by atoms with Crippen molar-refractivity contribution in [2.75, 3.05) is 0 Å². The Labute approximate surface area is 143 Å². The molecule has 0 aromatic carbocycles. The van der Waals surface area contributed by atoms with E-state index in [1.54, 1.807) is 12.4 Å². The third-order valence-corrected chi connectivity index (χ3v) is 6.72. The number of ether oxygens (including phenoxy) is 1. The standard InChI is InChI=1S/C17H26BNO5/c1-9-12-5-11(17(12,3)4)6-13(9)19-7-14(20)23-18(16-10(2)22-16)24-15(21)8-19/h7-13,16,20-21H,5-6H2,1-4H3/b14-7-,15-8-/t9-,10+,11?,12-,13?,16?/m1/s1. The molecule has 2 heterocycles. The zero-order valence-corrected chi connectivity index (χ0v) is 14.7. The maximum absolute atomic E-state index is 10.2. The largest absolute Gasteiger partial charge is 0.632 e. The van der Waals surface area contributed by atoms with Crippen LogP contribution < -0.4 is 0 Å². The van der Waals surface area contributed by atoms with Gasteiger partial charge in [-0.3, -0.25) is 0 Å². The smallest absolute Gasteiger partial charge is 0.496 e. The van der Waals surface area contributed by atoms with E-state index < -0.39 is 7.12 Å². The first-order chi connectivity index (χ1) is 11.3. The minimum Gasteiger partial charge on any atom is -0.496 e. The van der Waals surface area contributed by atoms with Gasteiger partial charge in [-0.15, -0.1) is 0 Å². The summed E-state index contributed by atoms with van der Waals surface area (Å²) in [6.07, 6.45) is 5.41. The Morgan fingerprint density at radius 2 is 1.71 bits per heavy atom. The predicted molar refractivity (Wildman–Crippen MR) is 88.5 cm³/mol. The molecule has 3 aliphatic carbocycles. The molecule has 3 unspecified atom stereocenters. The molecule has 3 saturated carbocycles. The van der Waals surface area contributed by atoms with Gasteiger partial charge in [-0.2, -0.15) is 0 Å². The summed E-state index contributed by atoms with van der Waals surface area (Å²) in [6, 6.07) is -0.0596. The minimum atomic E-state index is -0.828. The Kier molecular flexibility index (Phi) is 3.50. The Balaban J connectivity index is 1.53. The van der Waals surface area contributed by atoms with Crippen molar-refractivity contribution in [2.24, 2.45) is 23.2 Å². The Bertz CT molecular complexity index is 570. The van der Waals surface area contributed by atoms with Crippen LogP contribution in [0.2, 0.25) is 0 Å². The highest BCUT2D eigenvalue weighted by atomic mass is 16.7. The fraction of sp³-hybridized carbons (Fsp3) is 0.765. The maximum atomic E-state index is 10.2. The molecule has 6 nitrogen and oxygen atoms in total. The van der Waals surface area contributed by atoms with Crippen molar-refractivity contribution in [3.63, 3.8) is 0 Å². The van der Waals surface area contributed by atoms with Crippen molar-refractivity contribution in [1.82, 2.24) is 4.90 Å². The summed E-state index contributed by atoms with van der Waals surface area (Å²) in [5.41, 5.74) is 0.383. The lowest BCUT2D eigenvalue weighted by atomic mass is 9.44. The molecule has 5 aliphatic rings. The number of nitrogens with zero attached hydrogens (tertiary/aromatic N) is 1. The molecule has 6 atom stereocenters. The summed E-state index contributed by atoms with van der Waals surface area (Å²) in [4.78, 5) is 1.84.